The summed E-state index contributed by atoms with van der Waals surface area (Å²) in [5.41, 5.74) is 0.885. The van der Waals surface area contributed by atoms with Gasteiger partial charge in [0.05, 0.1) is 0 Å². The maximum atomic E-state index is 14.7. The van der Waals surface area contributed by atoms with Crippen molar-refractivity contribution < 1.29 is 14.2 Å². The van der Waals surface area contributed by atoms with Crippen LogP contribution in [-0.4, -0.2) is 45.8 Å². The third-order valence-electron chi connectivity index (χ3n) is 7.37. The minimum Gasteiger partial charge on any atom is -0.334 e. The van der Waals surface area contributed by atoms with E-state index in [1.165, 1.54) is 0 Å². The van der Waals surface area contributed by atoms with Crippen LogP contribution in [0.3, 0.4) is 0 Å². The highest BCUT2D eigenvalue weighted by Gasteiger charge is 2.39. The average molecular weight is 556 g/mol. The monoisotopic (exact) mass is 555 g/mol. The van der Waals surface area contributed by atoms with Crippen LogP contribution in [-0.2, 0) is 4.57 Å². The molecule has 4 aromatic carbocycles. The topological polar surface area (TPSA) is 57.7 Å². The van der Waals surface area contributed by atoms with E-state index in [0.29, 0.717) is 21.7 Å². The van der Waals surface area contributed by atoms with Crippen molar-refractivity contribution in [3.05, 3.63) is 83.9 Å². The summed E-state index contributed by atoms with van der Waals surface area (Å²) in [6, 6.07) is 22.7. The summed E-state index contributed by atoms with van der Waals surface area (Å²) in [6.07, 6.45) is 0. The van der Waals surface area contributed by atoms with E-state index in [2.05, 4.69) is 0 Å². The van der Waals surface area contributed by atoms with Gasteiger partial charge in [0.2, 0.25) is 10.6 Å². The fourth-order valence-electron chi connectivity index (χ4n) is 5.83. The Balaban J connectivity index is 2.02. The fourth-order valence-corrected chi connectivity index (χ4v) is 7.34. The zero-order chi connectivity index (χ0) is 29.3. The fraction of sp³-hybridized carbons (Fsp3) is 0.353. The molecule has 2 amide bonds. The quantitative estimate of drug-likeness (QED) is 0.215. The average Bonchev–Trinajstić information content (AvgIpc) is 2.90. The van der Waals surface area contributed by atoms with Crippen LogP contribution < -0.4 is 10.6 Å². The predicted molar refractivity (Wildman–Crippen MR) is 168 cm³/mol. The van der Waals surface area contributed by atoms with E-state index >= 15 is 0 Å². The summed E-state index contributed by atoms with van der Waals surface area (Å²) >= 11 is 0. The summed E-state index contributed by atoms with van der Waals surface area (Å²) in [7, 11) is -2.30. The zero-order valence-corrected chi connectivity index (χ0v) is 25.7. The van der Waals surface area contributed by atoms with Crippen molar-refractivity contribution in [3.63, 3.8) is 0 Å². The Kier molecular flexibility index (Phi) is 8.75. The molecule has 0 unspecified atom stereocenters. The molecule has 0 radical (unpaired) electrons. The van der Waals surface area contributed by atoms with E-state index in [1.807, 2.05) is 126 Å². The van der Waals surface area contributed by atoms with Gasteiger partial charge in [0.15, 0.2) is 0 Å². The number of fused-ring (bicyclic) bond motifs is 2. The van der Waals surface area contributed by atoms with Crippen LogP contribution in [0.5, 0.6) is 0 Å². The van der Waals surface area contributed by atoms with Crippen molar-refractivity contribution in [2.75, 3.05) is 0 Å². The largest absolute Gasteiger partial charge is 0.417 e. The lowest BCUT2D eigenvalue weighted by atomic mass is 10.0. The second-order valence-corrected chi connectivity index (χ2v) is 13.0. The molecule has 0 N–H and O–H groups in total. The number of rotatable bonds is 8. The smallest absolute Gasteiger partial charge is 0.334 e. The summed E-state index contributed by atoms with van der Waals surface area (Å²) in [6.45, 7) is 16.0. The van der Waals surface area contributed by atoms with Gasteiger partial charge in [-0.15, -0.1) is 0 Å². The third kappa shape index (κ3) is 5.40. The molecule has 0 aromatic heterocycles. The van der Waals surface area contributed by atoms with E-state index in [9.17, 15) is 14.2 Å². The van der Waals surface area contributed by atoms with Gasteiger partial charge < -0.3 is 9.80 Å². The minimum atomic E-state index is -2.30. The molecule has 0 aliphatic heterocycles. The molecule has 6 heteroatoms. The number of carbonyl (C=O) groups is 2. The van der Waals surface area contributed by atoms with Crippen molar-refractivity contribution >= 4 is 51.8 Å². The van der Waals surface area contributed by atoms with Crippen molar-refractivity contribution in [3.8, 4) is 0 Å². The highest BCUT2D eigenvalue weighted by Crippen LogP contribution is 2.33. The number of hydrogen-bond acceptors (Lipinski definition) is 3. The van der Waals surface area contributed by atoms with Gasteiger partial charge in [-0.05, 0) is 101 Å². The molecule has 0 heterocycles. The van der Waals surface area contributed by atoms with Gasteiger partial charge in [0, 0.05) is 24.2 Å². The van der Waals surface area contributed by atoms with E-state index in [0.717, 1.165) is 21.5 Å². The molecule has 0 atom stereocenters. The minimum absolute atomic E-state index is 0.0411. The Hall–Kier alpha value is -3.56. The van der Waals surface area contributed by atoms with E-state index in [-0.39, 0.29) is 36.0 Å². The molecule has 0 bridgehead atoms. The second kappa shape index (κ2) is 11.9. The zero-order valence-electron chi connectivity index (χ0n) is 24.8. The Morgan fingerprint density at radius 2 is 0.850 bits per heavy atom. The molecular formula is C34H40N2O3P+. The molecule has 4 rings (SSSR count). The Labute approximate surface area is 239 Å². The molecule has 0 aliphatic carbocycles. The molecule has 0 aliphatic rings. The SMILES string of the molecule is CC(C)N(C(=O)c1c([P+](=O)c2ccc3ccccc3c2C(=O)N(C(C)C)C(C)C)ccc2ccccc12)C(C)C. The first-order valence-electron chi connectivity index (χ1n) is 14.1. The first kappa shape index (κ1) is 29.4. The normalized spacial score (nSPS) is 11.7. The number of hydrogen-bond donors (Lipinski definition) is 0. The highest BCUT2D eigenvalue weighted by atomic mass is 31.1. The summed E-state index contributed by atoms with van der Waals surface area (Å²) < 4.78 is 14.7. The van der Waals surface area contributed by atoms with Crippen molar-refractivity contribution in [1.82, 2.24) is 9.80 Å². The number of amides is 2. The summed E-state index contributed by atoms with van der Waals surface area (Å²) in [5.74, 6) is -0.306. The number of nitrogens with zero attached hydrogens (tertiary/aromatic N) is 2. The Morgan fingerprint density at radius 3 is 1.18 bits per heavy atom. The first-order chi connectivity index (χ1) is 19.0. The van der Waals surface area contributed by atoms with Crippen molar-refractivity contribution in [1.29, 1.82) is 0 Å². The van der Waals surface area contributed by atoms with Gasteiger partial charge in [-0.1, -0.05) is 53.1 Å². The standard InChI is InChI=1S/C34H40N2O3P/c1-21(2)35(22(3)4)33(37)31-27-15-11-9-13-25(27)17-19-29(31)40(39)30-20-18-26-14-10-12-16-28(26)32(30)34(38)36(23(5)6)24(7)8/h9-24H,1-8H3/q+1. The molecular weight excluding hydrogens is 515 g/mol. The molecule has 0 saturated heterocycles. The van der Waals surface area contributed by atoms with Crippen LogP contribution in [0.2, 0.25) is 0 Å². The lowest BCUT2D eigenvalue weighted by Crippen LogP contribution is -2.44. The maximum absolute atomic E-state index is 14.7. The lowest BCUT2D eigenvalue weighted by molar-refractivity contribution is 0.0638. The highest BCUT2D eigenvalue weighted by molar-refractivity contribution is 7.62. The van der Waals surface area contributed by atoms with E-state index < -0.39 is 7.80 Å². The third-order valence-corrected chi connectivity index (χ3v) is 8.99. The van der Waals surface area contributed by atoms with Gasteiger partial charge in [-0.2, -0.15) is 0 Å². The van der Waals surface area contributed by atoms with Crippen molar-refractivity contribution in [2.24, 2.45) is 0 Å². The molecule has 208 valence electrons. The predicted octanol–water partition coefficient (Wildman–Crippen LogP) is 7.29. The van der Waals surface area contributed by atoms with Crippen LogP contribution in [0, 0.1) is 0 Å². The Bertz CT molecular complexity index is 1460. The van der Waals surface area contributed by atoms with Crippen molar-refractivity contribution in [2.45, 2.75) is 79.6 Å². The molecule has 40 heavy (non-hydrogen) atoms. The first-order valence-corrected chi connectivity index (χ1v) is 15.4. The summed E-state index contributed by atoms with van der Waals surface area (Å²) in [4.78, 5) is 32.1. The molecule has 0 fully saturated rings. The number of carbonyl (C=O) groups excluding carboxylic acids is 2. The van der Waals surface area contributed by atoms with E-state index in [1.54, 1.807) is 12.1 Å². The van der Waals surface area contributed by atoms with Gasteiger partial charge in [-0.25, -0.2) is 0 Å². The molecule has 4 aromatic rings. The molecule has 0 saturated carbocycles. The lowest BCUT2D eigenvalue weighted by Gasteiger charge is -2.31. The van der Waals surface area contributed by atoms with Crippen LogP contribution in [0.15, 0.2) is 72.8 Å². The van der Waals surface area contributed by atoms with Gasteiger partial charge in [0.1, 0.15) is 11.1 Å². The second-order valence-electron chi connectivity index (χ2n) is 11.5. The van der Waals surface area contributed by atoms with Crippen LogP contribution in [0.4, 0.5) is 0 Å². The summed E-state index contributed by atoms with van der Waals surface area (Å²) in [5, 5.41) is 4.25. The maximum Gasteiger partial charge on any atom is 0.417 e. The molecule has 0 spiro atoms. The number of benzene rings is 4. The van der Waals surface area contributed by atoms with Gasteiger partial charge in [-0.3, -0.25) is 9.59 Å². The Morgan fingerprint density at radius 1 is 0.525 bits per heavy atom. The van der Waals surface area contributed by atoms with Crippen LogP contribution in [0.1, 0.15) is 76.1 Å². The van der Waals surface area contributed by atoms with Gasteiger partial charge >= 0.3 is 7.80 Å². The van der Waals surface area contributed by atoms with Gasteiger partial charge in [0.25, 0.3) is 11.8 Å². The van der Waals surface area contributed by atoms with Crippen LogP contribution in [0.25, 0.3) is 21.5 Å². The molecule has 5 nitrogen and oxygen atoms in total. The van der Waals surface area contributed by atoms with Crippen LogP contribution >= 0.6 is 7.80 Å². The van der Waals surface area contributed by atoms with E-state index in [4.69, 9.17) is 0 Å².